The molecular weight excluding hydrogens is 272 g/mol. The van der Waals surface area contributed by atoms with Gasteiger partial charge >= 0.3 is 5.97 Å². The molecule has 1 aliphatic heterocycles. The molecule has 1 aromatic heterocycles. The van der Waals surface area contributed by atoms with E-state index in [1.165, 1.54) is 0 Å². The monoisotopic (exact) mass is 292 g/mol. The summed E-state index contributed by atoms with van der Waals surface area (Å²) in [6, 6.07) is 3.24. The predicted molar refractivity (Wildman–Crippen MR) is 77.3 cm³/mol. The minimum atomic E-state index is -0.915. The first kappa shape index (κ1) is 15.2. The zero-order chi connectivity index (χ0) is 15.5. The molecule has 1 aliphatic rings. The number of nitrogens with one attached hydrogen (secondary N) is 1. The highest BCUT2D eigenvalue weighted by atomic mass is 16.4. The van der Waals surface area contributed by atoms with Crippen molar-refractivity contribution in [1.82, 2.24) is 15.5 Å². The first-order valence-electron chi connectivity index (χ1n) is 7.18. The molecule has 1 saturated heterocycles. The Morgan fingerprint density at radius 2 is 2.14 bits per heavy atom. The van der Waals surface area contributed by atoms with Gasteiger partial charge in [-0.3, -0.25) is 4.79 Å². The lowest BCUT2D eigenvalue weighted by Crippen LogP contribution is -2.50. The average molecular weight is 292 g/mol. The number of aromatic nitrogens is 2. The SMILES string of the molecule is CCNC(=O)c1ccc(N2CCCC2(CC)C(=O)O)nn1. The van der Waals surface area contributed by atoms with Crippen molar-refractivity contribution in [1.29, 1.82) is 0 Å². The van der Waals surface area contributed by atoms with Crippen LogP contribution in [0.25, 0.3) is 0 Å². The van der Waals surface area contributed by atoms with E-state index in [0.717, 1.165) is 6.42 Å². The summed E-state index contributed by atoms with van der Waals surface area (Å²) < 4.78 is 0. The number of carboxylic acid groups (broad SMARTS) is 1. The smallest absolute Gasteiger partial charge is 0.329 e. The third-order valence-corrected chi connectivity index (χ3v) is 3.97. The molecule has 1 aromatic rings. The highest BCUT2D eigenvalue weighted by Crippen LogP contribution is 2.35. The molecule has 0 spiro atoms. The van der Waals surface area contributed by atoms with Crippen LogP contribution in [0.3, 0.4) is 0 Å². The van der Waals surface area contributed by atoms with Crippen LogP contribution in [0, 0.1) is 0 Å². The van der Waals surface area contributed by atoms with Gasteiger partial charge < -0.3 is 15.3 Å². The van der Waals surface area contributed by atoms with Crippen molar-refractivity contribution >= 4 is 17.7 Å². The lowest BCUT2D eigenvalue weighted by Gasteiger charge is -2.34. The van der Waals surface area contributed by atoms with Gasteiger partial charge in [-0.15, -0.1) is 10.2 Å². The van der Waals surface area contributed by atoms with Crippen molar-refractivity contribution in [3.8, 4) is 0 Å². The maximum Gasteiger partial charge on any atom is 0.329 e. The molecule has 2 rings (SSSR count). The molecule has 1 atom stereocenters. The van der Waals surface area contributed by atoms with Crippen LogP contribution in [-0.4, -0.2) is 45.8 Å². The molecule has 0 aromatic carbocycles. The van der Waals surface area contributed by atoms with Crippen molar-refractivity contribution in [2.75, 3.05) is 18.0 Å². The Bertz CT molecular complexity index is 532. The van der Waals surface area contributed by atoms with Gasteiger partial charge in [-0.2, -0.15) is 0 Å². The molecule has 0 bridgehead atoms. The number of carboxylic acids is 1. The first-order valence-corrected chi connectivity index (χ1v) is 7.18. The summed E-state index contributed by atoms with van der Waals surface area (Å²) in [5, 5.41) is 20.1. The number of nitrogens with zero attached hydrogens (tertiary/aromatic N) is 3. The van der Waals surface area contributed by atoms with Crippen LogP contribution in [0.1, 0.15) is 43.6 Å². The van der Waals surface area contributed by atoms with Crippen LogP contribution in [-0.2, 0) is 4.79 Å². The van der Waals surface area contributed by atoms with Crippen LogP contribution < -0.4 is 10.2 Å². The van der Waals surface area contributed by atoms with E-state index in [9.17, 15) is 14.7 Å². The fourth-order valence-corrected chi connectivity index (χ4v) is 2.80. The first-order chi connectivity index (χ1) is 10.0. The van der Waals surface area contributed by atoms with Gasteiger partial charge in [-0.25, -0.2) is 4.79 Å². The summed E-state index contributed by atoms with van der Waals surface area (Å²) in [6.07, 6.45) is 1.90. The largest absolute Gasteiger partial charge is 0.479 e. The second-order valence-electron chi connectivity index (χ2n) is 5.08. The van der Waals surface area contributed by atoms with Gasteiger partial charge in [-0.05, 0) is 38.3 Å². The molecule has 0 saturated carbocycles. The van der Waals surface area contributed by atoms with Gasteiger partial charge in [0.15, 0.2) is 11.5 Å². The van der Waals surface area contributed by atoms with Crippen LogP contribution >= 0.6 is 0 Å². The van der Waals surface area contributed by atoms with Gasteiger partial charge in [0, 0.05) is 13.1 Å². The number of aliphatic carboxylic acids is 1. The summed E-state index contributed by atoms with van der Waals surface area (Å²) in [6.45, 7) is 4.84. The van der Waals surface area contributed by atoms with Gasteiger partial charge in [0.25, 0.3) is 5.91 Å². The number of carbonyl (C=O) groups excluding carboxylic acids is 1. The normalized spacial score (nSPS) is 21.3. The van der Waals surface area contributed by atoms with Gasteiger partial charge in [0.2, 0.25) is 0 Å². The number of hydrogen-bond acceptors (Lipinski definition) is 5. The summed E-state index contributed by atoms with van der Waals surface area (Å²) in [5.41, 5.74) is -0.681. The molecule has 2 N–H and O–H groups in total. The summed E-state index contributed by atoms with van der Waals surface area (Å²) in [5.74, 6) is -0.611. The Hall–Kier alpha value is -2.18. The lowest BCUT2D eigenvalue weighted by atomic mass is 9.93. The minimum Gasteiger partial charge on any atom is -0.479 e. The summed E-state index contributed by atoms with van der Waals surface area (Å²) >= 11 is 0. The predicted octanol–water partition coefficient (Wildman–Crippen LogP) is 1.06. The van der Waals surface area contributed by atoms with E-state index in [2.05, 4.69) is 15.5 Å². The molecule has 114 valence electrons. The standard InChI is InChI=1S/C14H20N4O3/c1-3-14(13(20)21)8-5-9-18(14)11-7-6-10(16-17-11)12(19)15-4-2/h6-7H,3-5,8-9H2,1-2H3,(H,15,19)(H,20,21). The van der Waals surface area contributed by atoms with E-state index >= 15 is 0 Å². The Kier molecular flexibility index (Phi) is 4.40. The van der Waals surface area contributed by atoms with Crippen LogP contribution in [0.5, 0.6) is 0 Å². The van der Waals surface area contributed by atoms with Gasteiger partial charge in [-0.1, -0.05) is 6.92 Å². The van der Waals surface area contributed by atoms with Crippen molar-refractivity contribution in [3.05, 3.63) is 17.8 Å². The summed E-state index contributed by atoms with van der Waals surface area (Å²) in [4.78, 5) is 25.1. The Balaban J connectivity index is 2.26. The molecule has 1 fully saturated rings. The van der Waals surface area contributed by atoms with Crippen LogP contribution in [0.4, 0.5) is 5.82 Å². The topological polar surface area (TPSA) is 95.4 Å². The van der Waals surface area contributed by atoms with E-state index in [0.29, 0.717) is 31.7 Å². The quantitative estimate of drug-likeness (QED) is 0.842. The molecular formula is C14H20N4O3. The Morgan fingerprint density at radius 1 is 1.38 bits per heavy atom. The van der Waals surface area contributed by atoms with Crippen LogP contribution in [0.2, 0.25) is 0 Å². The molecule has 7 heteroatoms. The second kappa shape index (κ2) is 6.07. The zero-order valence-electron chi connectivity index (χ0n) is 12.3. The van der Waals surface area contributed by atoms with E-state index in [-0.39, 0.29) is 11.6 Å². The molecule has 7 nitrogen and oxygen atoms in total. The average Bonchev–Trinajstić information content (AvgIpc) is 2.93. The van der Waals surface area contributed by atoms with Crippen molar-refractivity contribution < 1.29 is 14.7 Å². The van der Waals surface area contributed by atoms with E-state index in [4.69, 9.17) is 0 Å². The lowest BCUT2D eigenvalue weighted by molar-refractivity contribution is -0.143. The summed E-state index contributed by atoms with van der Waals surface area (Å²) in [7, 11) is 0. The number of carbonyl (C=O) groups is 2. The van der Waals surface area contributed by atoms with Gasteiger partial charge in [0.1, 0.15) is 5.54 Å². The Morgan fingerprint density at radius 3 is 2.67 bits per heavy atom. The molecule has 2 heterocycles. The minimum absolute atomic E-state index is 0.234. The molecule has 0 aliphatic carbocycles. The number of anilines is 1. The number of hydrogen-bond donors (Lipinski definition) is 2. The fourth-order valence-electron chi connectivity index (χ4n) is 2.80. The Labute approximate surface area is 123 Å². The van der Waals surface area contributed by atoms with Crippen molar-refractivity contribution in [2.24, 2.45) is 0 Å². The van der Waals surface area contributed by atoms with Crippen molar-refractivity contribution in [3.63, 3.8) is 0 Å². The number of rotatable bonds is 5. The molecule has 1 unspecified atom stereocenters. The number of amides is 1. The van der Waals surface area contributed by atoms with Crippen molar-refractivity contribution in [2.45, 2.75) is 38.6 Å². The zero-order valence-corrected chi connectivity index (χ0v) is 12.3. The van der Waals surface area contributed by atoms with E-state index < -0.39 is 11.5 Å². The molecule has 21 heavy (non-hydrogen) atoms. The van der Waals surface area contributed by atoms with E-state index in [1.807, 2.05) is 13.8 Å². The third-order valence-electron chi connectivity index (χ3n) is 3.97. The van der Waals surface area contributed by atoms with Crippen LogP contribution in [0.15, 0.2) is 12.1 Å². The van der Waals surface area contributed by atoms with E-state index in [1.54, 1.807) is 17.0 Å². The molecule has 0 radical (unpaired) electrons. The fraction of sp³-hybridized carbons (Fsp3) is 0.571. The maximum absolute atomic E-state index is 11.6. The highest BCUT2D eigenvalue weighted by Gasteiger charge is 2.47. The highest BCUT2D eigenvalue weighted by molar-refractivity contribution is 5.92. The molecule has 1 amide bonds. The third kappa shape index (κ3) is 2.68. The second-order valence-corrected chi connectivity index (χ2v) is 5.08. The maximum atomic E-state index is 11.6. The van der Waals surface area contributed by atoms with Gasteiger partial charge in [0.05, 0.1) is 0 Å².